The van der Waals surface area contributed by atoms with E-state index in [-0.39, 0.29) is 23.8 Å². The number of anilines is 2. The first-order valence-electron chi connectivity index (χ1n) is 9.14. The van der Waals surface area contributed by atoms with Crippen molar-refractivity contribution in [2.75, 3.05) is 16.4 Å². The Kier molecular flexibility index (Phi) is 7.46. The molecular weight excluding hydrogens is 429 g/mol. The van der Waals surface area contributed by atoms with Crippen molar-refractivity contribution in [1.82, 2.24) is 25.0 Å². The van der Waals surface area contributed by atoms with Crippen molar-refractivity contribution < 1.29 is 14.0 Å². The van der Waals surface area contributed by atoms with E-state index >= 15 is 0 Å². The molecule has 2 aromatic heterocycles. The van der Waals surface area contributed by atoms with E-state index in [9.17, 15) is 14.0 Å². The number of hydrogen-bond donors (Lipinski definition) is 2. The second-order valence-corrected chi connectivity index (χ2v) is 8.25. The predicted molar refractivity (Wildman–Crippen MR) is 113 cm³/mol. The second kappa shape index (κ2) is 10.3. The van der Waals surface area contributed by atoms with E-state index in [4.69, 9.17) is 0 Å². The number of aromatic nitrogens is 5. The maximum absolute atomic E-state index is 13.6. The summed E-state index contributed by atoms with van der Waals surface area (Å²) in [5, 5.41) is 23.0. The topological polar surface area (TPSA) is 115 Å². The van der Waals surface area contributed by atoms with Gasteiger partial charge >= 0.3 is 0 Å². The summed E-state index contributed by atoms with van der Waals surface area (Å²) < 4.78 is 15.3. The standard InChI is InChI=1S/C18H20FN7O2S2/c1-3-6-16-23-24-17(30-16)21-15(28)10-29-18-25-22-13(26(18)2)9-14(27)20-12-8-5-4-7-11(12)19/h4-5,7-8H,3,6,9-10H2,1-2H3,(H,20,27)(H,21,24,28). The van der Waals surface area contributed by atoms with Gasteiger partial charge in [-0.2, -0.15) is 0 Å². The molecule has 0 saturated carbocycles. The van der Waals surface area contributed by atoms with Gasteiger partial charge in [0, 0.05) is 13.5 Å². The van der Waals surface area contributed by atoms with Crippen LogP contribution in [-0.4, -0.2) is 42.5 Å². The zero-order chi connectivity index (χ0) is 21.5. The van der Waals surface area contributed by atoms with Gasteiger partial charge in [0.15, 0.2) is 5.16 Å². The molecule has 0 bridgehead atoms. The zero-order valence-corrected chi connectivity index (χ0v) is 18.0. The molecule has 0 saturated heterocycles. The highest BCUT2D eigenvalue weighted by Crippen LogP contribution is 2.19. The number of nitrogens with zero attached hydrogens (tertiary/aromatic N) is 5. The van der Waals surface area contributed by atoms with Crippen molar-refractivity contribution in [2.24, 2.45) is 7.05 Å². The molecule has 2 N–H and O–H groups in total. The monoisotopic (exact) mass is 449 g/mol. The first-order valence-corrected chi connectivity index (χ1v) is 10.9. The SMILES string of the molecule is CCCc1nnc(NC(=O)CSc2nnc(CC(=O)Nc3ccccc3F)n2C)s1. The summed E-state index contributed by atoms with van der Waals surface area (Å²) in [5.41, 5.74) is 0.106. The lowest BCUT2D eigenvalue weighted by Gasteiger charge is -2.06. The van der Waals surface area contributed by atoms with Crippen LogP contribution >= 0.6 is 23.1 Å². The van der Waals surface area contributed by atoms with Crippen LogP contribution in [0, 0.1) is 5.82 Å². The minimum absolute atomic E-state index is 0.0738. The minimum atomic E-state index is -0.511. The lowest BCUT2D eigenvalue weighted by atomic mass is 10.3. The Hall–Kier alpha value is -2.86. The Morgan fingerprint density at radius 1 is 1.13 bits per heavy atom. The first-order chi connectivity index (χ1) is 14.5. The molecule has 0 unspecified atom stereocenters. The summed E-state index contributed by atoms with van der Waals surface area (Å²) >= 11 is 2.54. The maximum atomic E-state index is 13.6. The van der Waals surface area contributed by atoms with Crippen LogP contribution < -0.4 is 10.6 Å². The van der Waals surface area contributed by atoms with E-state index in [2.05, 4.69) is 38.0 Å². The number of halogens is 1. The molecule has 0 aliphatic carbocycles. The van der Waals surface area contributed by atoms with Crippen LogP contribution in [0.3, 0.4) is 0 Å². The number of thioether (sulfide) groups is 1. The van der Waals surface area contributed by atoms with Gasteiger partial charge in [-0.15, -0.1) is 20.4 Å². The molecule has 0 fully saturated rings. The molecule has 12 heteroatoms. The van der Waals surface area contributed by atoms with Crippen molar-refractivity contribution >= 4 is 45.7 Å². The van der Waals surface area contributed by atoms with Crippen molar-refractivity contribution in [3.05, 3.63) is 40.9 Å². The fourth-order valence-electron chi connectivity index (χ4n) is 2.43. The Balaban J connectivity index is 1.51. The van der Waals surface area contributed by atoms with Crippen molar-refractivity contribution in [2.45, 2.75) is 31.3 Å². The van der Waals surface area contributed by atoms with Gasteiger partial charge in [0.2, 0.25) is 16.9 Å². The number of carbonyl (C=O) groups excluding carboxylic acids is 2. The Morgan fingerprint density at radius 3 is 2.70 bits per heavy atom. The smallest absolute Gasteiger partial charge is 0.236 e. The summed E-state index contributed by atoms with van der Waals surface area (Å²) in [6, 6.07) is 5.92. The van der Waals surface area contributed by atoms with Gasteiger partial charge < -0.3 is 9.88 Å². The zero-order valence-electron chi connectivity index (χ0n) is 16.4. The molecular formula is C18H20FN7O2S2. The van der Waals surface area contributed by atoms with Gasteiger partial charge in [0.25, 0.3) is 0 Å². The number of benzene rings is 1. The molecule has 0 aliphatic rings. The molecule has 2 heterocycles. The van der Waals surface area contributed by atoms with E-state index in [0.717, 1.165) is 17.8 Å². The summed E-state index contributed by atoms with van der Waals surface area (Å²) in [4.78, 5) is 24.3. The minimum Gasteiger partial charge on any atom is -0.323 e. The van der Waals surface area contributed by atoms with Crippen molar-refractivity contribution in [3.8, 4) is 0 Å². The molecule has 30 heavy (non-hydrogen) atoms. The number of amides is 2. The summed E-state index contributed by atoms with van der Waals surface area (Å²) in [5.74, 6) is -0.649. The van der Waals surface area contributed by atoms with Gasteiger partial charge in [-0.05, 0) is 18.6 Å². The second-order valence-electron chi connectivity index (χ2n) is 6.25. The number of hydrogen-bond acceptors (Lipinski definition) is 8. The molecule has 0 spiro atoms. The molecule has 3 aromatic rings. The summed E-state index contributed by atoms with van der Waals surface area (Å²) in [7, 11) is 1.70. The molecule has 158 valence electrons. The maximum Gasteiger partial charge on any atom is 0.236 e. The molecule has 0 aliphatic heterocycles. The lowest BCUT2D eigenvalue weighted by molar-refractivity contribution is -0.116. The van der Waals surface area contributed by atoms with E-state index in [1.54, 1.807) is 23.7 Å². The predicted octanol–water partition coefficient (Wildman–Crippen LogP) is 2.67. The number of rotatable bonds is 9. The number of carbonyl (C=O) groups is 2. The number of para-hydroxylation sites is 1. The quantitative estimate of drug-likeness (QED) is 0.483. The summed E-state index contributed by atoms with van der Waals surface area (Å²) in [6.07, 6.45) is 1.72. The van der Waals surface area contributed by atoms with E-state index in [0.29, 0.717) is 16.1 Å². The number of nitrogens with one attached hydrogen (secondary N) is 2. The van der Waals surface area contributed by atoms with E-state index in [1.165, 1.54) is 35.2 Å². The molecule has 0 atom stereocenters. The third-order valence-corrected chi connectivity index (χ3v) is 5.82. The van der Waals surface area contributed by atoms with Gasteiger partial charge in [-0.1, -0.05) is 42.2 Å². The van der Waals surface area contributed by atoms with Crippen LogP contribution in [-0.2, 0) is 29.5 Å². The average Bonchev–Trinajstić information content (AvgIpc) is 3.29. The third-order valence-electron chi connectivity index (χ3n) is 3.90. The highest BCUT2D eigenvalue weighted by Gasteiger charge is 2.16. The van der Waals surface area contributed by atoms with Gasteiger partial charge in [0.05, 0.1) is 17.9 Å². The van der Waals surface area contributed by atoms with E-state index in [1.807, 2.05) is 0 Å². The van der Waals surface area contributed by atoms with Crippen LogP contribution in [0.25, 0.3) is 0 Å². The fraction of sp³-hybridized carbons (Fsp3) is 0.333. The molecule has 0 radical (unpaired) electrons. The summed E-state index contributed by atoms with van der Waals surface area (Å²) in [6.45, 7) is 2.05. The van der Waals surface area contributed by atoms with E-state index < -0.39 is 11.7 Å². The van der Waals surface area contributed by atoms with Crippen LogP contribution in [0.1, 0.15) is 24.2 Å². The molecule has 9 nitrogen and oxygen atoms in total. The third kappa shape index (κ3) is 5.83. The lowest BCUT2D eigenvalue weighted by Crippen LogP contribution is -2.18. The molecule has 1 aromatic carbocycles. The normalized spacial score (nSPS) is 10.8. The molecule has 3 rings (SSSR count). The van der Waals surface area contributed by atoms with Crippen LogP contribution in [0.4, 0.5) is 15.2 Å². The van der Waals surface area contributed by atoms with Gasteiger partial charge in [-0.25, -0.2) is 4.39 Å². The van der Waals surface area contributed by atoms with Crippen LogP contribution in [0.2, 0.25) is 0 Å². The number of aryl methyl sites for hydroxylation is 1. The van der Waals surface area contributed by atoms with Crippen molar-refractivity contribution in [1.29, 1.82) is 0 Å². The van der Waals surface area contributed by atoms with Gasteiger partial charge in [0.1, 0.15) is 16.6 Å². The molecule has 2 amide bonds. The average molecular weight is 450 g/mol. The fourth-order valence-corrected chi connectivity index (χ4v) is 4.02. The Labute approximate surface area is 180 Å². The Bertz CT molecular complexity index is 1040. The first kappa shape index (κ1) is 21.8. The Morgan fingerprint density at radius 2 is 1.93 bits per heavy atom. The highest BCUT2D eigenvalue weighted by molar-refractivity contribution is 7.99. The van der Waals surface area contributed by atoms with Crippen LogP contribution in [0.5, 0.6) is 0 Å². The van der Waals surface area contributed by atoms with Crippen LogP contribution in [0.15, 0.2) is 29.4 Å². The van der Waals surface area contributed by atoms with Crippen molar-refractivity contribution in [3.63, 3.8) is 0 Å². The van der Waals surface area contributed by atoms with Gasteiger partial charge in [-0.3, -0.25) is 14.9 Å². The highest BCUT2D eigenvalue weighted by atomic mass is 32.2. The largest absolute Gasteiger partial charge is 0.323 e.